The number of para-hydroxylation sites is 1. The second-order valence-corrected chi connectivity index (χ2v) is 5.40. The first-order chi connectivity index (χ1) is 12.1. The lowest BCUT2D eigenvalue weighted by molar-refractivity contribution is 0.0923. The van der Waals surface area contributed by atoms with Crippen molar-refractivity contribution in [2.24, 2.45) is 0 Å². The summed E-state index contributed by atoms with van der Waals surface area (Å²) in [5, 5.41) is 2.89. The Bertz CT molecular complexity index is 699. The van der Waals surface area contributed by atoms with Gasteiger partial charge in [0.05, 0.1) is 32.9 Å². The van der Waals surface area contributed by atoms with Crippen molar-refractivity contribution in [3.05, 3.63) is 48.0 Å². The number of amides is 1. The molecule has 0 aromatic heterocycles. The maximum absolute atomic E-state index is 12.5. The minimum atomic E-state index is -0.249. The number of carbonyl (C=O) groups is 1. The van der Waals surface area contributed by atoms with Gasteiger partial charge in [-0.1, -0.05) is 6.07 Å². The average molecular weight is 345 g/mol. The van der Waals surface area contributed by atoms with Gasteiger partial charge in [-0.25, -0.2) is 0 Å². The summed E-state index contributed by atoms with van der Waals surface area (Å²) in [6, 6.07) is 12.3. The van der Waals surface area contributed by atoms with Crippen molar-refractivity contribution in [2.45, 2.75) is 13.0 Å². The Balaban J connectivity index is 1.95. The zero-order chi connectivity index (χ0) is 18.2. The third-order valence-electron chi connectivity index (χ3n) is 3.58. The molecule has 6 heteroatoms. The topological polar surface area (TPSA) is 66.0 Å². The molecule has 0 saturated heterocycles. The summed E-state index contributed by atoms with van der Waals surface area (Å²) >= 11 is 0. The summed E-state index contributed by atoms with van der Waals surface area (Å²) in [4.78, 5) is 12.5. The van der Waals surface area contributed by atoms with Crippen LogP contribution < -0.4 is 24.3 Å². The molecule has 134 valence electrons. The van der Waals surface area contributed by atoms with E-state index in [0.717, 1.165) is 5.75 Å². The summed E-state index contributed by atoms with van der Waals surface area (Å²) in [5.74, 6) is 2.14. The van der Waals surface area contributed by atoms with Gasteiger partial charge in [-0.15, -0.1) is 0 Å². The molecular weight excluding hydrogens is 322 g/mol. The number of ether oxygens (including phenoxy) is 4. The van der Waals surface area contributed by atoms with E-state index in [4.69, 9.17) is 18.9 Å². The van der Waals surface area contributed by atoms with E-state index in [1.165, 1.54) is 14.2 Å². The Morgan fingerprint density at radius 1 is 0.960 bits per heavy atom. The lowest BCUT2D eigenvalue weighted by Gasteiger charge is -2.17. The van der Waals surface area contributed by atoms with Crippen LogP contribution in [0.5, 0.6) is 23.0 Å². The van der Waals surface area contributed by atoms with Crippen molar-refractivity contribution >= 4 is 5.91 Å². The highest BCUT2D eigenvalue weighted by atomic mass is 16.5. The van der Waals surface area contributed by atoms with Gasteiger partial charge in [0.15, 0.2) is 11.5 Å². The van der Waals surface area contributed by atoms with Crippen LogP contribution in [-0.2, 0) is 0 Å². The molecule has 0 spiro atoms. The molecule has 0 saturated carbocycles. The Morgan fingerprint density at radius 2 is 1.64 bits per heavy atom. The summed E-state index contributed by atoms with van der Waals surface area (Å²) in [6.07, 6.45) is 0. The first-order valence-electron chi connectivity index (χ1n) is 7.87. The number of rotatable bonds is 8. The molecule has 0 aliphatic rings. The average Bonchev–Trinajstić information content (AvgIpc) is 2.65. The van der Waals surface area contributed by atoms with Crippen molar-refractivity contribution in [1.82, 2.24) is 5.32 Å². The van der Waals surface area contributed by atoms with E-state index in [0.29, 0.717) is 29.4 Å². The Hall–Kier alpha value is -2.89. The van der Waals surface area contributed by atoms with Gasteiger partial charge < -0.3 is 24.3 Å². The first kappa shape index (κ1) is 18.4. The minimum Gasteiger partial charge on any atom is -0.497 e. The molecule has 1 N–H and O–H groups in total. The molecule has 2 rings (SSSR count). The number of hydrogen-bond acceptors (Lipinski definition) is 5. The molecule has 2 aromatic rings. The summed E-state index contributed by atoms with van der Waals surface area (Å²) in [5.41, 5.74) is 0.415. The highest BCUT2D eigenvalue weighted by Gasteiger charge is 2.18. The van der Waals surface area contributed by atoms with Crippen LogP contribution in [0.1, 0.15) is 17.3 Å². The Labute approximate surface area is 147 Å². The van der Waals surface area contributed by atoms with Crippen molar-refractivity contribution < 1.29 is 23.7 Å². The van der Waals surface area contributed by atoms with Crippen molar-refractivity contribution in [2.75, 3.05) is 27.9 Å². The van der Waals surface area contributed by atoms with Gasteiger partial charge in [-0.3, -0.25) is 4.79 Å². The smallest absolute Gasteiger partial charge is 0.255 e. The van der Waals surface area contributed by atoms with Gasteiger partial charge >= 0.3 is 0 Å². The lowest BCUT2D eigenvalue weighted by atomic mass is 10.1. The van der Waals surface area contributed by atoms with Gasteiger partial charge in [0.1, 0.15) is 18.1 Å². The fourth-order valence-corrected chi connectivity index (χ4v) is 2.30. The van der Waals surface area contributed by atoms with E-state index in [9.17, 15) is 4.79 Å². The predicted molar refractivity (Wildman–Crippen MR) is 95.0 cm³/mol. The summed E-state index contributed by atoms with van der Waals surface area (Å²) in [6.45, 7) is 2.21. The van der Waals surface area contributed by atoms with E-state index < -0.39 is 0 Å². The molecule has 2 aromatic carbocycles. The molecule has 6 nitrogen and oxygen atoms in total. The molecule has 0 aliphatic heterocycles. The zero-order valence-electron chi connectivity index (χ0n) is 14.9. The third-order valence-corrected chi connectivity index (χ3v) is 3.58. The monoisotopic (exact) mass is 345 g/mol. The molecule has 0 unspecified atom stereocenters. The normalized spacial score (nSPS) is 11.4. The van der Waals surface area contributed by atoms with Crippen LogP contribution in [0, 0.1) is 0 Å². The molecule has 0 heterocycles. The van der Waals surface area contributed by atoms with E-state index in [1.54, 1.807) is 25.3 Å². The minimum absolute atomic E-state index is 0.189. The Morgan fingerprint density at radius 3 is 2.24 bits per heavy atom. The molecule has 0 bridgehead atoms. The van der Waals surface area contributed by atoms with Crippen LogP contribution in [0.4, 0.5) is 0 Å². The maximum atomic E-state index is 12.5. The number of hydrogen-bond donors (Lipinski definition) is 1. The molecule has 1 amide bonds. The van der Waals surface area contributed by atoms with Crippen molar-refractivity contribution in [3.63, 3.8) is 0 Å². The number of methoxy groups -OCH3 is 3. The van der Waals surface area contributed by atoms with Crippen LogP contribution in [0.15, 0.2) is 42.5 Å². The second-order valence-electron chi connectivity index (χ2n) is 5.40. The standard InChI is InChI=1S/C19H23NO5/c1-13(12-25-15-10-8-14(22-2)9-11-15)20-19(21)16-6-5-7-17(23-3)18(16)24-4/h5-11,13H,12H2,1-4H3,(H,20,21)/t13-/m0/s1. The van der Waals surface area contributed by atoms with E-state index in [-0.39, 0.29) is 11.9 Å². The molecule has 25 heavy (non-hydrogen) atoms. The maximum Gasteiger partial charge on any atom is 0.255 e. The Kier molecular flexibility index (Phi) is 6.51. The van der Waals surface area contributed by atoms with Crippen LogP contribution in [-0.4, -0.2) is 39.9 Å². The van der Waals surface area contributed by atoms with Crippen molar-refractivity contribution in [3.8, 4) is 23.0 Å². The van der Waals surface area contributed by atoms with Gasteiger partial charge in [-0.2, -0.15) is 0 Å². The van der Waals surface area contributed by atoms with Gasteiger partial charge in [0.25, 0.3) is 5.91 Å². The quantitative estimate of drug-likeness (QED) is 0.797. The van der Waals surface area contributed by atoms with E-state index in [1.807, 2.05) is 31.2 Å². The summed E-state index contributed by atoms with van der Waals surface area (Å²) < 4.78 is 21.3. The van der Waals surface area contributed by atoms with Gasteiger partial charge in [-0.05, 0) is 43.3 Å². The molecule has 0 fully saturated rings. The second kappa shape index (κ2) is 8.82. The van der Waals surface area contributed by atoms with E-state index in [2.05, 4.69) is 5.32 Å². The molecule has 0 radical (unpaired) electrons. The lowest BCUT2D eigenvalue weighted by Crippen LogP contribution is -2.37. The van der Waals surface area contributed by atoms with Crippen molar-refractivity contribution in [1.29, 1.82) is 0 Å². The summed E-state index contributed by atoms with van der Waals surface area (Å²) in [7, 11) is 4.65. The third kappa shape index (κ3) is 4.79. The molecule has 0 aliphatic carbocycles. The number of benzene rings is 2. The van der Waals surface area contributed by atoms with Crippen LogP contribution >= 0.6 is 0 Å². The van der Waals surface area contributed by atoms with Crippen LogP contribution in [0.25, 0.3) is 0 Å². The molecule has 1 atom stereocenters. The van der Waals surface area contributed by atoms with Crippen LogP contribution in [0.3, 0.4) is 0 Å². The largest absolute Gasteiger partial charge is 0.497 e. The van der Waals surface area contributed by atoms with E-state index >= 15 is 0 Å². The highest BCUT2D eigenvalue weighted by Crippen LogP contribution is 2.30. The number of nitrogens with one attached hydrogen (secondary N) is 1. The number of carbonyl (C=O) groups excluding carboxylic acids is 1. The van der Waals surface area contributed by atoms with Gasteiger partial charge in [0.2, 0.25) is 0 Å². The fourth-order valence-electron chi connectivity index (χ4n) is 2.30. The fraction of sp³-hybridized carbons (Fsp3) is 0.316. The van der Waals surface area contributed by atoms with Gasteiger partial charge in [0, 0.05) is 0 Å². The highest BCUT2D eigenvalue weighted by molar-refractivity contribution is 5.98. The molecular formula is C19H23NO5. The zero-order valence-corrected chi connectivity index (χ0v) is 14.9. The SMILES string of the molecule is COc1ccc(OC[C@H](C)NC(=O)c2cccc(OC)c2OC)cc1. The first-order valence-corrected chi connectivity index (χ1v) is 7.87. The predicted octanol–water partition coefficient (Wildman–Crippen LogP) is 2.91. The van der Waals surface area contributed by atoms with Crippen LogP contribution in [0.2, 0.25) is 0 Å².